The molecule has 0 fully saturated rings. The molecule has 0 nitrogen and oxygen atoms in total. The molecule has 0 N–H and O–H groups in total. The molecular weight excluding hydrogens is 220 g/mol. The Morgan fingerprint density at radius 2 is 1.70 bits per heavy atom. The van der Waals surface area contributed by atoms with Crippen LogP contribution in [0.2, 0.25) is 10.0 Å². The number of benzene rings is 1. The van der Waals surface area contributed by atoms with Gasteiger partial charge in [-0.1, -0.05) is 0 Å². The molecule has 0 atom stereocenters. The summed E-state index contributed by atoms with van der Waals surface area (Å²) in [6.45, 7) is 0. The number of hydrogen-bond donors (Lipinski definition) is 0. The molecule has 0 aliphatic carbocycles. The van der Waals surface area contributed by atoms with E-state index < -0.39 is 0 Å². The monoisotopic (exact) mass is 223 g/mol. The van der Waals surface area contributed by atoms with Gasteiger partial charge in [0.05, 0.1) is 0 Å². The van der Waals surface area contributed by atoms with Gasteiger partial charge in [0.2, 0.25) is 0 Å². The third kappa shape index (κ3) is 1.72. The first kappa shape index (κ1) is 8.52. The van der Waals surface area contributed by atoms with E-state index in [1.807, 2.05) is 18.2 Å². The normalized spacial score (nSPS) is 10.0. The summed E-state index contributed by atoms with van der Waals surface area (Å²) in [5.74, 6) is 0. The van der Waals surface area contributed by atoms with Crippen LogP contribution in [0.25, 0.3) is 0 Å². The Balaban J connectivity index is 3.17. The molecule has 3 heteroatoms. The molecule has 0 bridgehead atoms. The zero-order valence-electron chi connectivity index (χ0n) is 5.40. The maximum absolute atomic E-state index is 5.87. The van der Waals surface area contributed by atoms with Crippen molar-refractivity contribution in [1.29, 1.82) is 0 Å². The van der Waals surface area contributed by atoms with Crippen LogP contribution >= 0.6 is 23.2 Å². The molecule has 0 spiro atoms. The average molecular weight is 225 g/mol. The van der Waals surface area contributed by atoms with Crippen molar-refractivity contribution in [1.82, 2.24) is 0 Å². The van der Waals surface area contributed by atoms with E-state index in [1.54, 1.807) is 0 Å². The second-order valence-corrected chi connectivity index (χ2v) is 3.81. The average Bonchev–Trinajstić information content (AvgIpc) is 1.88. The molecular formula is C7H5Cl2Zn. The van der Waals surface area contributed by atoms with E-state index in [4.69, 9.17) is 23.2 Å². The van der Waals surface area contributed by atoms with Crippen LogP contribution in [0.1, 0.15) is 5.56 Å². The van der Waals surface area contributed by atoms with E-state index in [-0.39, 0.29) is 0 Å². The quantitative estimate of drug-likeness (QED) is 0.645. The van der Waals surface area contributed by atoms with Gasteiger partial charge < -0.3 is 0 Å². The van der Waals surface area contributed by atoms with Gasteiger partial charge in [-0.15, -0.1) is 0 Å². The molecule has 1 aromatic rings. The van der Waals surface area contributed by atoms with E-state index in [0.29, 0.717) is 0 Å². The van der Waals surface area contributed by atoms with Crippen molar-refractivity contribution >= 4 is 23.2 Å². The van der Waals surface area contributed by atoms with E-state index in [2.05, 4.69) is 0 Å². The molecule has 0 unspecified atom stereocenters. The fourth-order valence-electron chi connectivity index (χ4n) is 0.771. The van der Waals surface area contributed by atoms with Crippen LogP contribution < -0.4 is 0 Å². The molecule has 1 rings (SSSR count). The standard InChI is InChI=1S/C7H5Cl2.Zn/c1-5-6(8)3-2-4-7(5)9;/h2-4H,1H2;. The van der Waals surface area contributed by atoms with E-state index in [0.717, 1.165) is 20.6 Å². The second kappa shape index (κ2) is 3.71. The fourth-order valence-corrected chi connectivity index (χ4v) is 3.15. The predicted octanol–water partition coefficient (Wildman–Crippen LogP) is 3.04. The van der Waals surface area contributed by atoms with Gasteiger partial charge in [0, 0.05) is 0 Å². The van der Waals surface area contributed by atoms with Gasteiger partial charge in [-0.3, -0.25) is 0 Å². The van der Waals surface area contributed by atoms with Crippen LogP contribution in [-0.4, -0.2) is 0 Å². The molecule has 0 aliphatic heterocycles. The molecule has 0 amide bonds. The SMILES string of the molecule is Clc1cccc(Cl)c1[CH2][Zn]. The minimum absolute atomic E-state index is 0.791. The number of halogens is 2. The van der Waals surface area contributed by atoms with Crippen LogP contribution in [0.15, 0.2) is 18.2 Å². The first-order chi connectivity index (χ1) is 4.75. The van der Waals surface area contributed by atoms with Gasteiger partial charge in [0.25, 0.3) is 0 Å². The summed E-state index contributed by atoms with van der Waals surface area (Å²) in [4.78, 5) is 0. The first-order valence-electron chi connectivity index (χ1n) is 2.98. The van der Waals surface area contributed by atoms with Crippen LogP contribution in [-0.2, 0) is 23.3 Å². The molecule has 1 aromatic carbocycles. The van der Waals surface area contributed by atoms with Crippen molar-refractivity contribution < 1.29 is 18.3 Å². The van der Waals surface area contributed by atoms with E-state index in [9.17, 15) is 0 Å². The molecule has 0 aliphatic rings. The molecule has 0 aromatic heterocycles. The molecule has 10 heavy (non-hydrogen) atoms. The summed E-state index contributed by atoms with van der Waals surface area (Å²) in [5.41, 5.74) is 1.09. The van der Waals surface area contributed by atoms with Crippen molar-refractivity contribution in [2.75, 3.05) is 0 Å². The zero-order chi connectivity index (χ0) is 7.56. The summed E-state index contributed by atoms with van der Waals surface area (Å²) < 4.78 is 0. The Bertz CT molecular complexity index is 215. The van der Waals surface area contributed by atoms with Crippen molar-refractivity contribution in [2.45, 2.75) is 5.02 Å². The summed E-state index contributed by atoms with van der Waals surface area (Å²) >= 11 is 12.9. The van der Waals surface area contributed by atoms with Crippen LogP contribution in [0.3, 0.4) is 0 Å². The van der Waals surface area contributed by atoms with Gasteiger partial charge in [-0.25, -0.2) is 0 Å². The number of hydrogen-bond acceptors (Lipinski definition) is 0. The Morgan fingerprint density at radius 3 is 2.00 bits per heavy atom. The van der Waals surface area contributed by atoms with Crippen molar-refractivity contribution in [3.63, 3.8) is 0 Å². The summed E-state index contributed by atoms with van der Waals surface area (Å²) in [7, 11) is 0. The van der Waals surface area contributed by atoms with Gasteiger partial charge >= 0.3 is 80.3 Å². The molecule has 0 saturated heterocycles. The molecule has 0 saturated carbocycles. The Hall–Kier alpha value is 0.423. The van der Waals surface area contributed by atoms with Gasteiger partial charge in [-0.2, -0.15) is 0 Å². The molecule has 0 radical (unpaired) electrons. The number of rotatable bonds is 1. The first-order valence-corrected chi connectivity index (χ1v) is 5.83. The van der Waals surface area contributed by atoms with Crippen molar-refractivity contribution in [3.05, 3.63) is 33.8 Å². The van der Waals surface area contributed by atoms with Crippen molar-refractivity contribution in [2.24, 2.45) is 0 Å². The summed E-state index contributed by atoms with van der Waals surface area (Å²) in [6, 6.07) is 5.61. The van der Waals surface area contributed by atoms with Crippen LogP contribution in [0, 0.1) is 0 Å². The summed E-state index contributed by atoms with van der Waals surface area (Å²) in [6.07, 6.45) is 0. The maximum atomic E-state index is 5.87. The predicted molar refractivity (Wildman–Crippen MR) is 40.2 cm³/mol. The minimum atomic E-state index is 0.791. The Kier molecular flexibility index (Phi) is 3.16. The topological polar surface area (TPSA) is 0 Å². The van der Waals surface area contributed by atoms with Crippen LogP contribution in [0.5, 0.6) is 0 Å². The third-order valence-corrected chi connectivity index (χ3v) is 3.07. The van der Waals surface area contributed by atoms with Gasteiger partial charge in [0.15, 0.2) is 0 Å². The Labute approximate surface area is 80.2 Å². The van der Waals surface area contributed by atoms with Gasteiger partial charge in [0.1, 0.15) is 0 Å². The van der Waals surface area contributed by atoms with E-state index >= 15 is 0 Å². The fraction of sp³-hybridized carbons (Fsp3) is 0.143. The Morgan fingerprint density at radius 1 is 1.20 bits per heavy atom. The van der Waals surface area contributed by atoms with E-state index in [1.165, 1.54) is 18.3 Å². The molecule has 0 heterocycles. The molecule has 49 valence electrons. The van der Waals surface area contributed by atoms with Gasteiger partial charge in [-0.05, 0) is 0 Å². The van der Waals surface area contributed by atoms with Crippen molar-refractivity contribution in [3.8, 4) is 0 Å². The van der Waals surface area contributed by atoms with Crippen LogP contribution in [0.4, 0.5) is 0 Å². The third-order valence-electron chi connectivity index (χ3n) is 1.31. The second-order valence-electron chi connectivity index (χ2n) is 1.95. The summed E-state index contributed by atoms with van der Waals surface area (Å²) in [5, 5.41) is 2.59. The zero-order valence-corrected chi connectivity index (χ0v) is 9.88.